The van der Waals surface area contributed by atoms with Crippen molar-refractivity contribution in [1.82, 2.24) is 4.90 Å². The number of hydrogen-bond acceptors (Lipinski definition) is 5. The van der Waals surface area contributed by atoms with Crippen molar-refractivity contribution >= 4 is 34.6 Å². The van der Waals surface area contributed by atoms with Crippen LogP contribution in [-0.2, 0) is 28.9 Å². The van der Waals surface area contributed by atoms with Crippen LogP contribution in [0.4, 0.5) is 0 Å². The van der Waals surface area contributed by atoms with Crippen molar-refractivity contribution in [2.24, 2.45) is 5.92 Å². The normalized spacial score (nSPS) is 16.4. The van der Waals surface area contributed by atoms with Gasteiger partial charge in [0.15, 0.2) is 6.61 Å². The summed E-state index contributed by atoms with van der Waals surface area (Å²) in [6, 6.07) is 3.99. The van der Waals surface area contributed by atoms with Gasteiger partial charge in [-0.15, -0.1) is 22.7 Å². The first-order valence-corrected chi connectivity index (χ1v) is 10.2. The quantitative estimate of drug-likeness (QED) is 0.738. The molecule has 0 N–H and O–H groups in total. The first-order chi connectivity index (χ1) is 11.9. The summed E-state index contributed by atoms with van der Waals surface area (Å²) in [6.45, 7) is 4.61. The van der Waals surface area contributed by atoms with Gasteiger partial charge in [0.05, 0.1) is 6.54 Å². The lowest BCUT2D eigenvalue weighted by Crippen LogP contribution is -2.30. The molecule has 1 aliphatic rings. The molecule has 0 spiro atoms. The van der Waals surface area contributed by atoms with Crippen molar-refractivity contribution in [3.05, 3.63) is 43.3 Å². The van der Waals surface area contributed by atoms with Crippen molar-refractivity contribution in [3.8, 4) is 0 Å². The molecule has 2 heterocycles. The summed E-state index contributed by atoms with van der Waals surface area (Å²) in [5.74, 6) is 0.0964. The maximum atomic E-state index is 12.3. The molecule has 0 saturated heterocycles. The molecular formula is C19H23NO3S2. The topological polar surface area (TPSA) is 46.6 Å². The Balaban J connectivity index is 1.53. The third-order valence-corrected chi connectivity index (χ3v) is 6.86. The van der Waals surface area contributed by atoms with E-state index in [1.807, 2.05) is 24.4 Å². The van der Waals surface area contributed by atoms with Crippen LogP contribution >= 0.6 is 22.7 Å². The third kappa shape index (κ3) is 4.30. The van der Waals surface area contributed by atoms with Crippen LogP contribution in [0.15, 0.2) is 17.5 Å². The molecule has 0 saturated carbocycles. The van der Waals surface area contributed by atoms with E-state index in [1.165, 1.54) is 33.8 Å². The molecule has 2 aromatic rings. The van der Waals surface area contributed by atoms with Crippen LogP contribution in [0.3, 0.4) is 0 Å². The minimum atomic E-state index is -0.388. The van der Waals surface area contributed by atoms with Crippen LogP contribution in [0.2, 0.25) is 0 Å². The molecule has 1 amide bonds. The number of hydrogen-bond donors (Lipinski definition) is 0. The van der Waals surface area contributed by atoms with Crippen LogP contribution < -0.4 is 0 Å². The Hall–Kier alpha value is -1.66. The predicted molar refractivity (Wildman–Crippen MR) is 101 cm³/mol. The van der Waals surface area contributed by atoms with Gasteiger partial charge in [-0.25, -0.2) is 4.79 Å². The summed E-state index contributed by atoms with van der Waals surface area (Å²) in [5.41, 5.74) is 2.45. The molecule has 1 atom stereocenters. The Morgan fingerprint density at radius 2 is 2.20 bits per heavy atom. The van der Waals surface area contributed by atoms with Crippen molar-refractivity contribution in [2.45, 2.75) is 39.7 Å². The van der Waals surface area contributed by atoms with Gasteiger partial charge in [0.2, 0.25) is 0 Å². The van der Waals surface area contributed by atoms with E-state index < -0.39 is 0 Å². The lowest BCUT2D eigenvalue weighted by Gasteiger charge is -2.16. The number of nitrogens with zero attached hydrogens (tertiary/aromatic N) is 1. The molecule has 6 heteroatoms. The van der Waals surface area contributed by atoms with E-state index in [0.717, 1.165) is 17.7 Å². The lowest BCUT2D eigenvalue weighted by molar-refractivity contribution is -0.133. The summed E-state index contributed by atoms with van der Waals surface area (Å²) in [7, 11) is 1.74. The molecule has 134 valence electrons. The molecule has 1 aliphatic carbocycles. The number of carbonyl (C=O) groups excluding carboxylic acids is 2. The van der Waals surface area contributed by atoms with Gasteiger partial charge in [0.25, 0.3) is 5.91 Å². The molecule has 2 aromatic heterocycles. The van der Waals surface area contributed by atoms with Crippen LogP contribution in [0.1, 0.15) is 43.9 Å². The number of esters is 1. The second-order valence-electron chi connectivity index (χ2n) is 6.76. The van der Waals surface area contributed by atoms with E-state index in [1.54, 1.807) is 23.3 Å². The molecule has 0 radical (unpaired) electrons. The Morgan fingerprint density at radius 3 is 2.92 bits per heavy atom. The zero-order valence-electron chi connectivity index (χ0n) is 14.8. The van der Waals surface area contributed by atoms with Crippen molar-refractivity contribution in [2.75, 3.05) is 13.7 Å². The molecule has 4 nitrogen and oxygen atoms in total. The van der Waals surface area contributed by atoms with Crippen LogP contribution in [-0.4, -0.2) is 30.4 Å². The van der Waals surface area contributed by atoms with Gasteiger partial charge in [-0.3, -0.25) is 4.79 Å². The largest absolute Gasteiger partial charge is 0.451 e. The van der Waals surface area contributed by atoms with E-state index in [9.17, 15) is 9.59 Å². The van der Waals surface area contributed by atoms with Crippen LogP contribution in [0.25, 0.3) is 0 Å². The number of thiophene rings is 2. The summed E-state index contributed by atoms with van der Waals surface area (Å²) < 4.78 is 5.25. The predicted octanol–water partition coefficient (Wildman–Crippen LogP) is 4.06. The minimum Gasteiger partial charge on any atom is -0.451 e. The first kappa shape index (κ1) is 18.1. The van der Waals surface area contributed by atoms with E-state index in [-0.39, 0.29) is 18.5 Å². The number of rotatable bonds is 5. The van der Waals surface area contributed by atoms with Gasteiger partial charge in [-0.05, 0) is 60.7 Å². The van der Waals surface area contributed by atoms with Crippen molar-refractivity contribution in [1.29, 1.82) is 0 Å². The van der Waals surface area contributed by atoms with Gasteiger partial charge in [0.1, 0.15) is 4.88 Å². The molecule has 3 rings (SSSR count). The second kappa shape index (κ2) is 7.70. The molecular weight excluding hydrogens is 354 g/mol. The number of fused-ring (bicyclic) bond motifs is 1. The number of amides is 1. The third-order valence-electron chi connectivity index (χ3n) is 4.63. The van der Waals surface area contributed by atoms with Crippen LogP contribution in [0, 0.1) is 12.8 Å². The van der Waals surface area contributed by atoms with Gasteiger partial charge in [0, 0.05) is 16.8 Å². The van der Waals surface area contributed by atoms with Gasteiger partial charge < -0.3 is 9.64 Å². The summed E-state index contributed by atoms with van der Waals surface area (Å²) in [6.07, 6.45) is 3.24. The molecule has 0 bridgehead atoms. The number of aryl methyl sites for hydroxylation is 2. The maximum Gasteiger partial charge on any atom is 0.348 e. The van der Waals surface area contributed by atoms with E-state index in [2.05, 4.69) is 6.92 Å². The minimum absolute atomic E-state index is 0.184. The Morgan fingerprint density at radius 1 is 1.40 bits per heavy atom. The van der Waals surface area contributed by atoms with Gasteiger partial charge in [-0.1, -0.05) is 6.92 Å². The fourth-order valence-electron chi connectivity index (χ4n) is 2.98. The maximum absolute atomic E-state index is 12.3. The highest BCUT2D eigenvalue weighted by atomic mass is 32.1. The zero-order valence-corrected chi connectivity index (χ0v) is 16.5. The fraction of sp³-hybridized carbons (Fsp3) is 0.474. The number of likely N-dealkylation sites (N-methyl/N-ethyl adjacent to an activating group) is 1. The monoisotopic (exact) mass is 377 g/mol. The Kier molecular flexibility index (Phi) is 5.59. The van der Waals surface area contributed by atoms with Gasteiger partial charge >= 0.3 is 5.97 Å². The van der Waals surface area contributed by atoms with Gasteiger partial charge in [-0.2, -0.15) is 0 Å². The van der Waals surface area contributed by atoms with E-state index in [4.69, 9.17) is 4.74 Å². The highest BCUT2D eigenvalue weighted by molar-refractivity contribution is 7.14. The van der Waals surface area contributed by atoms with Crippen molar-refractivity contribution in [3.63, 3.8) is 0 Å². The highest BCUT2D eigenvalue weighted by Gasteiger charge is 2.22. The lowest BCUT2D eigenvalue weighted by atomic mass is 9.90. The van der Waals surface area contributed by atoms with Crippen molar-refractivity contribution < 1.29 is 14.3 Å². The SMILES string of the molecule is Cc1ccsc1CN(C)C(=O)COC(=O)c1cc2c(s1)CC[C@@H](C)C2. The smallest absolute Gasteiger partial charge is 0.348 e. The molecule has 0 unspecified atom stereocenters. The highest BCUT2D eigenvalue weighted by Crippen LogP contribution is 2.32. The number of ether oxygens (including phenoxy) is 1. The molecule has 0 aromatic carbocycles. The van der Waals surface area contributed by atoms with Crippen LogP contribution in [0.5, 0.6) is 0 Å². The summed E-state index contributed by atoms with van der Waals surface area (Å²) in [5, 5.41) is 2.02. The Bertz CT molecular complexity index is 777. The molecule has 0 fully saturated rings. The summed E-state index contributed by atoms with van der Waals surface area (Å²) in [4.78, 5) is 29.1. The standard InChI is InChI=1S/C19H23NO3S2/c1-12-4-5-15-14(8-12)9-16(25-15)19(22)23-11-18(21)20(3)10-17-13(2)6-7-24-17/h6-7,9,12H,4-5,8,10-11H2,1-3H3/t12-/m1/s1. The first-order valence-electron chi connectivity index (χ1n) is 8.49. The molecule has 0 aliphatic heterocycles. The summed E-state index contributed by atoms with van der Waals surface area (Å²) >= 11 is 3.15. The second-order valence-corrected chi connectivity index (χ2v) is 8.90. The average Bonchev–Trinajstić information content (AvgIpc) is 3.18. The van der Waals surface area contributed by atoms with E-state index >= 15 is 0 Å². The molecule has 25 heavy (non-hydrogen) atoms. The fourth-order valence-corrected chi connectivity index (χ4v) is 5.05. The number of carbonyl (C=O) groups is 2. The average molecular weight is 378 g/mol. The Labute approximate surface area is 156 Å². The van der Waals surface area contributed by atoms with E-state index in [0.29, 0.717) is 17.3 Å². The zero-order chi connectivity index (χ0) is 18.0.